The minimum absolute atomic E-state index is 0.527. The molecule has 2 heterocycles. The first-order valence-corrected chi connectivity index (χ1v) is 5.77. The number of anilines is 2. The minimum atomic E-state index is 0.527. The molecule has 17 heavy (non-hydrogen) atoms. The summed E-state index contributed by atoms with van der Waals surface area (Å²) in [5, 5.41) is 8.13. The van der Waals surface area contributed by atoms with E-state index in [1.807, 2.05) is 24.3 Å². The summed E-state index contributed by atoms with van der Waals surface area (Å²) in [5.41, 5.74) is 7.29. The summed E-state index contributed by atoms with van der Waals surface area (Å²) in [5.74, 6) is 0.527. The third-order valence-electron chi connectivity index (χ3n) is 2.92. The molecule has 2 N–H and O–H groups in total. The Hall–Kier alpha value is -2.04. The molecule has 1 aliphatic rings. The molecule has 1 aromatic heterocycles. The molecule has 0 bridgehead atoms. The number of nitrogens with zero attached hydrogens (tertiary/aromatic N) is 3. The first-order chi connectivity index (χ1) is 8.33. The average molecular weight is 230 g/mol. The Labute approximate surface area is 99.2 Å². The van der Waals surface area contributed by atoms with Crippen molar-refractivity contribution >= 4 is 11.7 Å². The molecule has 0 unspecified atom stereocenters. The van der Waals surface area contributed by atoms with Gasteiger partial charge in [-0.2, -0.15) is 0 Å². The molecule has 0 amide bonds. The molecule has 0 spiro atoms. The lowest BCUT2D eigenvalue weighted by Crippen LogP contribution is -2.17. The van der Waals surface area contributed by atoms with Gasteiger partial charge in [0.15, 0.2) is 0 Å². The van der Waals surface area contributed by atoms with Crippen molar-refractivity contribution in [3.8, 4) is 11.5 Å². The summed E-state index contributed by atoms with van der Waals surface area (Å²) in [6.45, 7) is 2.00. The molecule has 0 radical (unpaired) electrons. The summed E-state index contributed by atoms with van der Waals surface area (Å²) in [7, 11) is 0. The highest BCUT2D eigenvalue weighted by molar-refractivity contribution is 5.59. The minimum Gasteiger partial charge on any atom is -0.403 e. The van der Waals surface area contributed by atoms with E-state index in [2.05, 4.69) is 15.1 Å². The van der Waals surface area contributed by atoms with Gasteiger partial charge in [-0.05, 0) is 31.0 Å². The number of rotatable bonds is 2. The second kappa shape index (κ2) is 4.08. The second-order valence-corrected chi connectivity index (χ2v) is 4.21. The van der Waals surface area contributed by atoms with Crippen LogP contribution in [0.25, 0.3) is 11.5 Å². The van der Waals surface area contributed by atoms with Crippen LogP contribution in [0.1, 0.15) is 12.8 Å². The van der Waals surface area contributed by atoms with Crippen molar-refractivity contribution < 1.29 is 4.42 Å². The maximum Gasteiger partial charge on any atom is 0.318 e. The van der Waals surface area contributed by atoms with Crippen LogP contribution in [-0.2, 0) is 0 Å². The van der Waals surface area contributed by atoms with Crippen LogP contribution in [0.5, 0.6) is 0 Å². The van der Waals surface area contributed by atoms with Crippen LogP contribution < -0.4 is 10.6 Å². The maximum absolute atomic E-state index is 5.72. The van der Waals surface area contributed by atoms with E-state index >= 15 is 0 Å². The predicted octanol–water partition coefficient (Wildman–Crippen LogP) is 1.92. The van der Waals surface area contributed by atoms with Gasteiger partial charge < -0.3 is 15.1 Å². The van der Waals surface area contributed by atoms with Gasteiger partial charge in [0.05, 0.1) is 0 Å². The molecular weight excluding hydrogens is 216 g/mol. The summed E-state index contributed by atoms with van der Waals surface area (Å²) in [6, 6.07) is 8.07. The largest absolute Gasteiger partial charge is 0.403 e. The first-order valence-electron chi connectivity index (χ1n) is 5.77. The van der Waals surface area contributed by atoms with Gasteiger partial charge in [0.1, 0.15) is 0 Å². The van der Waals surface area contributed by atoms with Gasteiger partial charge in [0.25, 0.3) is 0 Å². The molecule has 1 aliphatic heterocycles. The molecule has 0 saturated carbocycles. The molecule has 88 valence electrons. The smallest absolute Gasteiger partial charge is 0.318 e. The van der Waals surface area contributed by atoms with Crippen LogP contribution in [0.2, 0.25) is 0 Å². The number of hydrogen-bond acceptors (Lipinski definition) is 5. The van der Waals surface area contributed by atoms with E-state index in [1.165, 1.54) is 12.8 Å². The van der Waals surface area contributed by atoms with Crippen LogP contribution in [-0.4, -0.2) is 23.3 Å². The molecular formula is C12H14N4O. The summed E-state index contributed by atoms with van der Waals surface area (Å²) in [4.78, 5) is 2.11. The number of benzene rings is 1. The van der Waals surface area contributed by atoms with Gasteiger partial charge in [-0.3, -0.25) is 0 Å². The van der Waals surface area contributed by atoms with E-state index < -0.39 is 0 Å². The molecule has 3 rings (SSSR count). The number of nitrogen functional groups attached to an aromatic ring is 1. The summed E-state index contributed by atoms with van der Waals surface area (Å²) >= 11 is 0. The maximum atomic E-state index is 5.72. The molecule has 1 saturated heterocycles. The van der Waals surface area contributed by atoms with Gasteiger partial charge in [-0.25, -0.2) is 0 Å². The highest BCUT2D eigenvalue weighted by Gasteiger charge is 2.18. The van der Waals surface area contributed by atoms with Gasteiger partial charge in [0, 0.05) is 24.3 Å². The quantitative estimate of drug-likeness (QED) is 0.798. The fraction of sp³-hybridized carbons (Fsp3) is 0.333. The van der Waals surface area contributed by atoms with Gasteiger partial charge >= 0.3 is 6.01 Å². The van der Waals surface area contributed by atoms with Crippen molar-refractivity contribution in [2.45, 2.75) is 12.8 Å². The van der Waals surface area contributed by atoms with Crippen molar-refractivity contribution in [2.75, 3.05) is 23.7 Å². The molecule has 2 aromatic rings. The van der Waals surface area contributed by atoms with Crippen molar-refractivity contribution in [1.82, 2.24) is 10.2 Å². The van der Waals surface area contributed by atoms with Gasteiger partial charge in [0.2, 0.25) is 5.89 Å². The monoisotopic (exact) mass is 230 g/mol. The van der Waals surface area contributed by atoms with E-state index in [-0.39, 0.29) is 0 Å². The lowest BCUT2D eigenvalue weighted by Gasteiger charge is -2.09. The number of hydrogen-bond donors (Lipinski definition) is 1. The topological polar surface area (TPSA) is 68.2 Å². The van der Waals surface area contributed by atoms with Crippen molar-refractivity contribution in [1.29, 1.82) is 0 Å². The van der Waals surface area contributed by atoms with Crippen LogP contribution >= 0.6 is 0 Å². The van der Waals surface area contributed by atoms with E-state index in [1.54, 1.807) is 0 Å². The lowest BCUT2D eigenvalue weighted by atomic mass is 10.2. The molecule has 0 atom stereocenters. The first kappa shape index (κ1) is 10.1. The number of aromatic nitrogens is 2. The predicted molar refractivity (Wildman–Crippen MR) is 65.6 cm³/mol. The third kappa shape index (κ3) is 1.95. The zero-order chi connectivity index (χ0) is 11.7. The fourth-order valence-electron chi connectivity index (χ4n) is 2.04. The zero-order valence-electron chi connectivity index (χ0n) is 9.47. The van der Waals surface area contributed by atoms with E-state index in [9.17, 15) is 0 Å². The van der Waals surface area contributed by atoms with E-state index in [4.69, 9.17) is 10.2 Å². The lowest BCUT2D eigenvalue weighted by molar-refractivity contribution is 0.557. The van der Waals surface area contributed by atoms with Crippen molar-refractivity contribution in [3.05, 3.63) is 24.3 Å². The molecule has 5 heteroatoms. The van der Waals surface area contributed by atoms with Crippen molar-refractivity contribution in [2.24, 2.45) is 0 Å². The van der Waals surface area contributed by atoms with Crippen molar-refractivity contribution in [3.63, 3.8) is 0 Å². The molecule has 1 aromatic carbocycles. The fourth-order valence-corrected chi connectivity index (χ4v) is 2.04. The summed E-state index contributed by atoms with van der Waals surface area (Å²) < 4.78 is 5.66. The van der Waals surface area contributed by atoms with E-state index in [0.29, 0.717) is 17.6 Å². The molecule has 5 nitrogen and oxygen atoms in total. The number of nitrogens with two attached hydrogens (primary N) is 1. The van der Waals surface area contributed by atoms with Gasteiger partial charge in [-0.15, -0.1) is 5.10 Å². The highest BCUT2D eigenvalue weighted by Crippen LogP contribution is 2.25. The summed E-state index contributed by atoms with van der Waals surface area (Å²) in [6.07, 6.45) is 2.38. The standard InChI is InChI=1S/C12H14N4O/c13-10-5-3-4-9(8-10)11-14-15-12(17-11)16-6-1-2-7-16/h3-5,8H,1-2,6-7,13H2. The van der Waals surface area contributed by atoms with Crippen LogP contribution in [0.3, 0.4) is 0 Å². The molecule has 1 fully saturated rings. The Balaban J connectivity index is 1.89. The Morgan fingerprint density at radius 1 is 1.18 bits per heavy atom. The van der Waals surface area contributed by atoms with Crippen LogP contribution in [0.4, 0.5) is 11.7 Å². The zero-order valence-corrected chi connectivity index (χ0v) is 9.47. The van der Waals surface area contributed by atoms with Gasteiger partial charge in [-0.1, -0.05) is 11.2 Å². The average Bonchev–Trinajstić information content (AvgIpc) is 3.00. The highest BCUT2D eigenvalue weighted by atomic mass is 16.4. The second-order valence-electron chi connectivity index (χ2n) is 4.21. The Bertz CT molecular complexity index is 517. The Morgan fingerprint density at radius 2 is 2.00 bits per heavy atom. The van der Waals surface area contributed by atoms with Crippen LogP contribution in [0.15, 0.2) is 28.7 Å². The SMILES string of the molecule is Nc1cccc(-c2nnc(N3CCCC3)o2)c1. The Morgan fingerprint density at radius 3 is 2.76 bits per heavy atom. The normalized spacial score (nSPS) is 15.4. The third-order valence-corrected chi connectivity index (χ3v) is 2.92. The molecule has 0 aliphatic carbocycles. The Kier molecular flexibility index (Phi) is 2.44. The van der Waals surface area contributed by atoms with Crippen LogP contribution in [0, 0.1) is 0 Å². The van der Waals surface area contributed by atoms with E-state index in [0.717, 1.165) is 18.7 Å².